The molecule has 2 heterocycles. The van der Waals surface area contributed by atoms with Gasteiger partial charge in [-0.2, -0.15) is 5.26 Å². The first-order chi connectivity index (χ1) is 13.0. The lowest BCUT2D eigenvalue weighted by molar-refractivity contribution is 0.245. The van der Waals surface area contributed by atoms with E-state index in [9.17, 15) is 5.26 Å². The molecule has 0 saturated heterocycles. The second-order valence-electron chi connectivity index (χ2n) is 6.93. The van der Waals surface area contributed by atoms with Crippen LogP contribution in [0.1, 0.15) is 30.7 Å². The topological polar surface area (TPSA) is 110 Å². The summed E-state index contributed by atoms with van der Waals surface area (Å²) in [6, 6.07) is 9.86. The number of hydrogen-bond acceptors (Lipinski definition) is 7. The molecule has 0 atom stereocenters. The molecule has 1 aromatic carbocycles. The third kappa shape index (κ3) is 4.57. The second-order valence-corrected chi connectivity index (χ2v) is 6.93. The van der Waals surface area contributed by atoms with Crippen molar-refractivity contribution in [3.05, 3.63) is 47.3 Å². The average Bonchev–Trinajstić information content (AvgIpc) is 2.70. The quantitative estimate of drug-likeness (QED) is 0.762. The van der Waals surface area contributed by atoms with E-state index in [-0.39, 0.29) is 6.61 Å². The molecule has 0 amide bonds. The molecule has 3 rings (SSSR count). The van der Waals surface area contributed by atoms with Gasteiger partial charge in [-0.1, -0.05) is 17.4 Å². The number of rotatable bonds is 6. The first-order valence-electron chi connectivity index (χ1n) is 8.90. The number of hydrogen-bond donors (Lipinski definition) is 2. The van der Waals surface area contributed by atoms with Crippen LogP contribution in [0.5, 0.6) is 0 Å². The van der Waals surface area contributed by atoms with Gasteiger partial charge in [0.1, 0.15) is 0 Å². The lowest BCUT2D eigenvalue weighted by Crippen LogP contribution is -2.27. The van der Waals surface area contributed by atoms with Gasteiger partial charge in [0.2, 0.25) is 5.95 Å². The highest BCUT2D eigenvalue weighted by molar-refractivity contribution is 5.42. The fourth-order valence-corrected chi connectivity index (χ4v) is 2.74. The molecular weight excluding hydrogens is 342 g/mol. The summed E-state index contributed by atoms with van der Waals surface area (Å²) in [5.74, 6) is 0.511. The summed E-state index contributed by atoms with van der Waals surface area (Å²) in [4.78, 5) is 8.75. The third-order valence-electron chi connectivity index (χ3n) is 4.48. The highest BCUT2D eigenvalue weighted by atomic mass is 16.3. The highest BCUT2D eigenvalue weighted by Crippen LogP contribution is 2.25. The molecule has 0 fully saturated rings. The molecule has 2 aromatic rings. The van der Waals surface area contributed by atoms with Crippen LogP contribution in [0.15, 0.2) is 40.8 Å². The van der Waals surface area contributed by atoms with E-state index < -0.39 is 5.41 Å². The zero-order valence-corrected chi connectivity index (χ0v) is 15.6. The van der Waals surface area contributed by atoms with Crippen molar-refractivity contribution >= 4 is 11.6 Å². The van der Waals surface area contributed by atoms with Crippen molar-refractivity contribution in [1.82, 2.24) is 15.0 Å². The monoisotopic (exact) mass is 365 g/mol. The van der Waals surface area contributed by atoms with Crippen molar-refractivity contribution in [2.75, 3.05) is 25.0 Å². The Morgan fingerprint density at radius 2 is 2.11 bits per heavy atom. The molecule has 140 valence electrons. The fourth-order valence-electron chi connectivity index (χ4n) is 2.74. The largest absolute Gasteiger partial charge is 0.395 e. The van der Waals surface area contributed by atoms with Gasteiger partial charge in [0.05, 0.1) is 36.0 Å². The van der Waals surface area contributed by atoms with Crippen LogP contribution >= 0.6 is 0 Å². The number of aliphatic hydroxyl groups is 1. The number of aromatic nitrogens is 2. The zero-order chi connectivity index (χ0) is 19.3. The number of nitriles is 1. The van der Waals surface area contributed by atoms with E-state index in [4.69, 9.17) is 5.11 Å². The number of anilines is 1. The normalized spacial score (nSPS) is 14.1. The summed E-state index contributed by atoms with van der Waals surface area (Å²) in [6.07, 6.45) is 2.64. The van der Waals surface area contributed by atoms with E-state index in [2.05, 4.69) is 31.7 Å². The Morgan fingerprint density at radius 1 is 1.33 bits per heavy atom. The summed E-state index contributed by atoms with van der Waals surface area (Å²) in [5.41, 5.74) is 3.20. The van der Waals surface area contributed by atoms with Crippen LogP contribution in [-0.2, 0) is 18.4 Å². The predicted octanol–water partition coefficient (Wildman–Crippen LogP) is 2.74. The predicted molar refractivity (Wildman–Crippen MR) is 101 cm³/mol. The summed E-state index contributed by atoms with van der Waals surface area (Å²) in [7, 11) is 0. The number of nitrogens with zero attached hydrogens (tertiary/aromatic N) is 6. The molecule has 27 heavy (non-hydrogen) atoms. The van der Waals surface area contributed by atoms with Crippen molar-refractivity contribution in [2.45, 2.75) is 32.2 Å². The Balaban J connectivity index is 1.66. The van der Waals surface area contributed by atoms with Crippen LogP contribution in [-0.4, -0.2) is 39.8 Å². The maximum absolute atomic E-state index is 9.21. The summed E-state index contributed by atoms with van der Waals surface area (Å²) < 4.78 is 0. The number of benzene rings is 1. The van der Waals surface area contributed by atoms with E-state index in [1.165, 1.54) is 0 Å². The van der Waals surface area contributed by atoms with Gasteiger partial charge in [-0.15, -0.1) is 5.11 Å². The van der Waals surface area contributed by atoms with E-state index in [1.807, 2.05) is 49.3 Å². The molecule has 8 heteroatoms. The molecule has 0 bridgehead atoms. The smallest absolute Gasteiger partial charge is 0.223 e. The lowest BCUT2D eigenvalue weighted by atomic mass is 9.86. The number of aliphatic hydroxyl groups excluding tert-OH is 1. The van der Waals surface area contributed by atoms with Crippen molar-refractivity contribution in [2.24, 2.45) is 10.3 Å². The molecule has 0 saturated carbocycles. The summed E-state index contributed by atoms with van der Waals surface area (Å²) in [6.45, 7) is 5.55. The first-order valence-corrected chi connectivity index (χ1v) is 8.90. The molecule has 0 unspecified atom stereocenters. The van der Waals surface area contributed by atoms with Crippen LogP contribution in [0.25, 0.3) is 0 Å². The molecule has 0 spiro atoms. The van der Waals surface area contributed by atoms with Gasteiger partial charge in [0.25, 0.3) is 0 Å². The van der Waals surface area contributed by atoms with Gasteiger partial charge >= 0.3 is 0 Å². The van der Waals surface area contributed by atoms with Gasteiger partial charge < -0.3 is 10.4 Å². The minimum atomic E-state index is -0.520. The Labute approximate surface area is 158 Å². The standard InChI is InChI=1S/C19H23N7O/c1-19(2,13-20)15-3-5-16(6-4-15)24-25-26-9-7-14-11-22-18(21-8-10-27)23-17(14)12-26/h3-6,11,27H,7-10,12H2,1-2H3,(H,21,22,23). The van der Waals surface area contributed by atoms with Crippen LogP contribution in [0.2, 0.25) is 0 Å². The van der Waals surface area contributed by atoms with E-state index in [0.29, 0.717) is 19.0 Å². The SMILES string of the molecule is CC(C)(C#N)c1ccc(N=NN2CCc3cnc(NCCO)nc3C2)cc1. The van der Waals surface area contributed by atoms with Crippen molar-refractivity contribution in [1.29, 1.82) is 5.26 Å². The second kappa shape index (κ2) is 8.10. The lowest BCUT2D eigenvalue weighted by Gasteiger charge is -2.24. The van der Waals surface area contributed by atoms with Gasteiger partial charge in [-0.05, 0) is 43.5 Å². The third-order valence-corrected chi connectivity index (χ3v) is 4.48. The van der Waals surface area contributed by atoms with E-state index in [1.54, 1.807) is 0 Å². The van der Waals surface area contributed by atoms with Gasteiger partial charge in [-0.25, -0.2) is 9.97 Å². The molecule has 0 aliphatic carbocycles. The van der Waals surface area contributed by atoms with Crippen LogP contribution in [0.4, 0.5) is 11.6 Å². The number of fused-ring (bicyclic) bond motifs is 1. The summed E-state index contributed by atoms with van der Waals surface area (Å²) >= 11 is 0. The first kappa shape index (κ1) is 18.7. The average molecular weight is 365 g/mol. The van der Waals surface area contributed by atoms with Crippen molar-refractivity contribution in [3.63, 3.8) is 0 Å². The van der Waals surface area contributed by atoms with E-state index >= 15 is 0 Å². The molecule has 2 N–H and O–H groups in total. The van der Waals surface area contributed by atoms with Gasteiger partial charge in [0.15, 0.2) is 0 Å². The van der Waals surface area contributed by atoms with Crippen molar-refractivity contribution in [3.8, 4) is 6.07 Å². The van der Waals surface area contributed by atoms with Crippen LogP contribution < -0.4 is 5.32 Å². The van der Waals surface area contributed by atoms with Crippen LogP contribution in [0.3, 0.4) is 0 Å². The minimum Gasteiger partial charge on any atom is -0.395 e. The van der Waals surface area contributed by atoms with Crippen LogP contribution in [0, 0.1) is 11.3 Å². The summed E-state index contributed by atoms with van der Waals surface area (Å²) in [5, 5.41) is 31.6. The Hall–Kier alpha value is -3.05. The highest BCUT2D eigenvalue weighted by Gasteiger charge is 2.19. The molecule has 8 nitrogen and oxygen atoms in total. The van der Waals surface area contributed by atoms with Crippen molar-refractivity contribution < 1.29 is 5.11 Å². The zero-order valence-electron chi connectivity index (χ0n) is 15.6. The van der Waals surface area contributed by atoms with Gasteiger partial charge in [0, 0.05) is 19.3 Å². The maximum Gasteiger partial charge on any atom is 0.223 e. The maximum atomic E-state index is 9.21. The van der Waals surface area contributed by atoms with Gasteiger partial charge in [-0.3, -0.25) is 5.01 Å². The minimum absolute atomic E-state index is 0.0329. The Kier molecular flexibility index (Phi) is 5.62. The molecule has 1 aliphatic heterocycles. The molecule has 1 aliphatic rings. The Morgan fingerprint density at radius 3 is 2.81 bits per heavy atom. The molecule has 0 radical (unpaired) electrons. The number of nitrogens with one attached hydrogen (secondary N) is 1. The van der Waals surface area contributed by atoms with E-state index in [0.717, 1.165) is 35.5 Å². The Bertz CT molecular complexity index is 855. The fraction of sp³-hybridized carbons (Fsp3) is 0.421. The molecule has 1 aromatic heterocycles. The molecular formula is C19H23N7O.